The van der Waals surface area contributed by atoms with Crippen LogP contribution in [0.4, 0.5) is 0 Å². The first-order valence-electron chi connectivity index (χ1n) is 7.07. The number of hydrogen-bond donors (Lipinski definition) is 1. The van der Waals surface area contributed by atoms with Crippen LogP contribution in [0.25, 0.3) is 0 Å². The van der Waals surface area contributed by atoms with Gasteiger partial charge in [-0.05, 0) is 31.1 Å². The Morgan fingerprint density at radius 1 is 1.00 bits per heavy atom. The van der Waals surface area contributed by atoms with E-state index < -0.39 is 0 Å². The van der Waals surface area contributed by atoms with Gasteiger partial charge in [0, 0.05) is 26.2 Å². The van der Waals surface area contributed by atoms with Gasteiger partial charge >= 0.3 is 0 Å². The molecule has 0 aliphatic heterocycles. The quantitative estimate of drug-likeness (QED) is 0.780. The second-order valence-corrected chi connectivity index (χ2v) is 5.91. The van der Waals surface area contributed by atoms with Gasteiger partial charge in [0.1, 0.15) is 0 Å². The van der Waals surface area contributed by atoms with Crippen LogP contribution in [0.2, 0.25) is 0 Å². The molecule has 0 aliphatic carbocycles. The lowest BCUT2D eigenvalue weighted by Crippen LogP contribution is -2.33. The highest BCUT2D eigenvalue weighted by Gasteiger charge is 2.08. The fourth-order valence-electron chi connectivity index (χ4n) is 2.10. The van der Waals surface area contributed by atoms with Gasteiger partial charge in [0.25, 0.3) is 0 Å². The molecule has 0 aromatic heterocycles. The minimum absolute atomic E-state index is 0.122. The summed E-state index contributed by atoms with van der Waals surface area (Å²) in [6.07, 6.45) is 0. The zero-order chi connectivity index (χ0) is 14.3. The van der Waals surface area contributed by atoms with Crippen LogP contribution in [-0.4, -0.2) is 48.6 Å². The Balaban J connectivity index is 2.58. The van der Waals surface area contributed by atoms with Gasteiger partial charge in [0.2, 0.25) is 0 Å². The summed E-state index contributed by atoms with van der Waals surface area (Å²) < 4.78 is 0. The smallest absolute Gasteiger partial charge is 0.0681 e. The lowest BCUT2D eigenvalue weighted by atomic mass is 10.1. The van der Waals surface area contributed by atoms with E-state index in [0.29, 0.717) is 5.92 Å². The molecule has 0 saturated carbocycles. The van der Waals surface area contributed by atoms with E-state index in [0.717, 1.165) is 31.7 Å². The third-order valence-corrected chi connectivity index (χ3v) is 3.10. The van der Waals surface area contributed by atoms with Crippen LogP contribution < -0.4 is 0 Å². The topological polar surface area (TPSA) is 26.7 Å². The van der Waals surface area contributed by atoms with E-state index in [9.17, 15) is 0 Å². The largest absolute Gasteiger partial charge is 0.392 e. The molecule has 0 unspecified atom stereocenters. The van der Waals surface area contributed by atoms with Crippen molar-refractivity contribution < 1.29 is 5.11 Å². The fourth-order valence-corrected chi connectivity index (χ4v) is 2.10. The van der Waals surface area contributed by atoms with Gasteiger partial charge in [-0.3, -0.25) is 4.90 Å². The van der Waals surface area contributed by atoms with Crippen LogP contribution in [-0.2, 0) is 13.2 Å². The summed E-state index contributed by atoms with van der Waals surface area (Å²) in [5.41, 5.74) is 2.30. The second-order valence-electron chi connectivity index (χ2n) is 5.91. The average Bonchev–Trinajstić information content (AvgIpc) is 2.36. The molecule has 0 atom stereocenters. The predicted molar refractivity (Wildman–Crippen MR) is 81.0 cm³/mol. The molecular weight excluding hydrogens is 236 g/mol. The molecule has 0 aliphatic rings. The van der Waals surface area contributed by atoms with Gasteiger partial charge in [0.15, 0.2) is 0 Å². The molecule has 19 heavy (non-hydrogen) atoms. The Labute approximate surface area is 117 Å². The minimum Gasteiger partial charge on any atom is -0.392 e. The van der Waals surface area contributed by atoms with E-state index in [-0.39, 0.29) is 6.61 Å². The van der Waals surface area contributed by atoms with Crippen LogP contribution in [0.5, 0.6) is 0 Å². The van der Waals surface area contributed by atoms with Gasteiger partial charge in [0.05, 0.1) is 6.61 Å². The molecule has 0 amide bonds. The van der Waals surface area contributed by atoms with Crippen LogP contribution >= 0.6 is 0 Å². The van der Waals surface area contributed by atoms with E-state index >= 15 is 0 Å². The normalized spacial score (nSPS) is 11.8. The standard InChI is InChI=1S/C16H28N2O/c1-14(2)11-18(10-9-17(3)4)12-15-5-7-16(13-19)8-6-15/h5-8,14,19H,9-13H2,1-4H3. The van der Waals surface area contributed by atoms with E-state index in [1.165, 1.54) is 5.56 Å². The minimum atomic E-state index is 0.122. The molecule has 1 aromatic rings. The lowest BCUT2D eigenvalue weighted by molar-refractivity contribution is 0.211. The highest BCUT2D eigenvalue weighted by molar-refractivity contribution is 5.21. The zero-order valence-electron chi connectivity index (χ0n) is 12.8. The first-order valence-corrected chi connectivity index (χ1v) is 7.07. The van der Waals surface area contributed by atoms with E-state index in [4.69, 9.17) is 5.11 Å². The summed E-state index contributed by atoms with van der Waals surface area (Å²) in [4.78, 5) is 4.72. The van der Waals surface area contributed by atoms with Gasteiger partial charge < -0.3 is 10.0 Å². The first kappa shape index (κ1) is 16.2. The van der Waals surface area contributed by atoms with Crippen molar-refractivity contribution in [1.82, 2.24) is 9.80 Å². The number of aliphatic hydroxyl groups excluding tert-OH is 1. The highest BCUT2D eigenvalue weighted by Crippen LogP contribution is 2.09. The number of likely N-dealkylation sites (N-methyl/N-ethyl adjacent to an activating group) is 1. The molecule has 0 fully saturated rings. The van der Waals surface area contributed by atoms with Crippen LogP contribution in [0.3, 0.4) is 0 Å². The molecule has 3 nitrogen and oxygen atoms in total. The Kier molecular flexibility index (Phi) is 7.06. The lowest BCUT2D eigenvalue weighted by Gasteiger charge is -2.26. The van der Waals surface area contributed by atoms with Gasteiger partial charge in [-0.15, -0.1) is 0 Å². The molecular formula is C16H28N2O. The molecule has 0 radical (unpaired) electrons. The third-order valence-electron chi connectivity index (χ3n) is 3.10. The van der Waals surface area contributed by atoms with Crippen LogP contribution in [0, 0.1) is 5.92 Å². The number of aliphatic hydroxyl groups is 1. The van der Waals surface area contributed by atoms with Crippen molar-refractivity contribution in [2.75, 3.05) is 33.7 Å². The van der Waals surface area contributed by atoms with Crippen molar-refractivity contribution in [2.24, 2.45) is 5.92 Å². The number of benzene rings is 1. The Bertz CT molecular complexity index is 346. The summed E-state index contributed by atoms with van der Waals surface area (Å²) in [6, 6.07) is 8.26. The SMILES string of the molecule is CC(C)CN(CCN(C)C)Cc1ccc(CO)cc1. The maximum absolute atomic E-state index is 9.06. The van der Waals surface area contributed by atoms with Crippen LogP contribution in [0.15, 0.2) is 24.3 Å². The van der Waals surface area contributed by atoms with Crippen molar-refractivity contribution in [2.45, 2.75) is 27.0 Å². The number of nitrogens with zero attached hydrogens (tertiary/aromatic N) is 2. The number of rotatable bonds is 8. The molecule has 1 N–H and O–H groups in total. The summed E-state index contributed by atoms with van der Waals surface area (Å²) in [5.74, 6) is 0.680. The molecule has 3 heteroatoms. The number of hydrogen-bond acceptors (Lipinski definition) is 3. The average molecular weight is 264 g/mol. The monoisotopic (exact) mass is 264 g/mol. The summed E-state index contributed by atoms with van der Waals surface area (Å²) in [7, 11) is 4.23. The molecule has 108 valence electrons. The molecule has 0 bridgehead atoms. The van der Waals surface area contributed by atoms with E-state index in [1.54, 1.807) is 0 Å². The van der Waals surface area contributed by atoms with Crippen molar-refractivity contribution in [1.29, 1.82) is 0 Å². The second kappa shape index (κ2) is 8.31. The molecule has 0 heterocycles. The van der Waals surface area contributed by atoms with Crippen molar-refractivity contribution >= 4 is 0 Å². The van der Waals surface area contributed by atoms with Gasteiger partial charge in [-0.25, -0.2) is 0 Å². The van der Waals surface area contributed by atoms with E-state index in [1.807, 2.05) is 12.1 Å². The zero-order valence-corrected chi connectivity index (χ0v) is 12.8. The summed E-state index contributed by atoms with van der Waals surface area (Å²) >= 11 is 0. The maximum atomic E-state index is 9.06. The third kappa shape index (κ3) is 6.71. The molecule has 0 spiro atoms. The summed E-state index contributed by atoms with van der Waals surface area (Å²) in [6.45, 7) is 8.92. The Hall–Kier alpha value is -0.900. The highest BCUT2D eigenvalue weighted by atomic mass is 16.3. The van der Waals surface area contributed by atoms with Crippen LogP contribution in [0.1, 0.15) is 25.0 Å². The molecule has 0 saturated heterocycles. The predicted octanol–water partition coefficient (Wildman–Crippen LogP) is 2.20. The summed E-state index contributed by atoms with van der Waals surface area (Å²) in [5, 5.41) is 9.06. The van der Waals surface area contributed by atoms with Crippen molar-refractivity contribution in [3.63, 3.8) is 0 Å². The molecule has 1 rings (SSSR count). The van der Waals surface area contributed by atoms with Crippen molar-refractivity contribution in [3.8, 4) is 0 Å². The Morgan fingerprint density at radius 3 is 2.05 bits per heavy atom. The fraction of sp³-hybridized carbons (Fsp3) is 0.625. The Morgan fingerprint density at radius 2 is 1.58 bits per heavy atom. The maximum Gasteiger partial charge on any atom is 0.0681 e. The van der Waals surface area contributed by atoms with Crippen molar-refractivity contribution in [3.05, 3.63) is 35.4 Å². The van der Waals surface area contributed by atoms with Gasteiger partial charge in [-0.1, -0.05) is 38.1 Å². The first-order chi connectivity index (χ1) is 9.01. The van der Waals surface area contributed by atoms with E-state index in [2.05, 4.69) is 49.9 Å². The van der Waals surface area contributed by atoms with Gasteiger partial charge in [-0.2, -0.15) is 0 Å². The molecule has 1 aromatic carbocycles.